The fourth-order valence-corrected chi connectivity index (χ4v) is 2.19. The first-order chi connectivity index (χ1) is 10.4. The highest BCUT2D eigenvalue weighted by molar-refractivity contribution is 5.83. The van der Waals surface area contributed by atoms with Crippen LogP contribution in [0, 0.1) is 17.6 Å². The molecular formula is C13H15F2N5O2. The van der Waals surface area contributed by atoms with Crippen molar-refractivity contribution in [1.29, 1.82) is 0 Å². The number of hydrogen-bond acceptors (Lipinski definition) is 5. The van der Waals surface area contributed by atoms with Gasteiger partial charge in [-0.2, -0.15) is 5.10 Å². The number of aromatic nitrogens is 3. The smallest absolute Gasteiger partial charge is 0.145 e. The van der Waals surface area contributed by atoms with Crippen LogP contribution in [-0.2, 0) is 12.1 Å². The minimum Gasteiger partial charge on any atom is -0.409 e. The lowest BCUT2D eigenvalue weighted by Crippen LogP contribution is -2.45. The van der Waals surface area contributed by atoms with E-state index in [1.807, 2.05) is 0 Å². The zero-order chi connectivity index (χ0) is 16.3. The quantitative estimate of drug-likeness (QED) is 0.328. The molecule has 0 spiro atoms. The second kappa shape index (κ2) is 6.06. The van der Waals surface area contributed by atoms with Crippen LogP contribution in [0.1, 0.15) is 12.5 Å². The van der Waals surface area contributed by atoms with E-state index < -0.39 is 23.2 Å². The lowest BCUT2D eigenvalue weighted by atomic mass is 9.81. The van der Waals surface area contributed by atoms with Gasteiger partial charge in [0.15, 0.2) is 0 Å². The van der Waals surface area contributed by atoms with Gasteiger partial charge in [0, 0.05) is 11.6 Å². The van der Waals surface area contributed by atoms with E-state index in [9.17, 15) is 13.9 Å². The van der Waals surface area contributed by atoms with Crippen LogP contribution >= 0.6 is 0 Å². The molecule has 0 saturated carbocycles. The number of aliphatic hydroxyl groups is 1. The Morgan fingerprint density at radius 1 is 1.50 bits per heavy atom. The number of halogens is 2. The van der Waals surface area contributed by atoms with Crippen molar-refractivity contribution in [2.45, 2.75) is 19.1 Å². The van der Waals surface area contributed by atoms with Crippen LogP contribution in [0.3, 0.4) is 0 Å². The first-order valence-corrected chi connectivity index (χ1v) is 6.36. The van der Waals surface area contributed by atoms with Gasteiger partial charge in [0.2, 0.25) is 0 Å². The summed E-state index contributed by atoms with van der Waals surface area (Å²) in [6.07, 6.45) is 2.57. The number of nitrogens with zero attached hydrogens (tertiary/aromatic N) is 4. The summed E-state index contributed by atoms with van der Waals surface area (Å²) >= 11 is 0. The molecular weight excluding hydrogens is 296 g/mol. The zero-order valence-electron chi connectivity index (χ0n) is 11.7. The van der Waals surface area contributed by atoms with Gasteiger partial charge < -0.3 is 16.0 Å². The molecule has 0 aliphatic rings. The number of oxime groups is 1. The molecule has 7 nitrogen and oxygen atoms in total. The largest absolute Gasteiger partial charge is 0.409 e. The average Bonchev–Trinajstić information content (AvgIpc) is 2.98. The van der Waals surface area contributed by atoms with Gasteiger partial charge in [-0.25, -0.2) is 18.4 Å². The third-order valence-corrected chi connectivity index (χ3v) is 3.54. The third-order valence-electron chi connectivity index (χ3n) is 3.54. The van der Waals surface area contributed by atoms with E-state index >= 15 is 0 Å². The van der Waals surface area contributed by atoms with Gasteiger partial charge in [0.25, 0.3) is 0 Å². The standard InChI is InChI=1S/C13H15F2N5O2/c1-8(12(16)19-22)13(21,5-20-7-17-6-18-20)10-3-2-9(14)4-11(10)15/h2-4,6-8,21-22H,5H2,1H3,(H2,16,19). The van der Waals surface area contributed by atoms with Gasteiger partial charge in [-0.3, -0.25) is 0 Å². The summed E-state index contributed by atoms with van der Waals surface area (Å²) in [5.74, 6) is -2.99. The Morgan fingerprint density at radius 2 is 2.23 bits per heavy atom. The molecule has 2 rings (SSSR count). The lowest BCUT2D eigenvalue weighted by Gasteiger charge is -2.34. The van der Waals surface area contributed by atoms with E-state index in [0.29, 0.717) is 6.07 Å². The van der Waals surface area contributed by atoms with E-state index in [0.717, 1.165) is 12.1 Å². The maximum absolute atomic E-state index is 14.1. The normalized spacial score (nSPS) is 16.3. The summed E-state index contributed by atoms with van der Waals surface area (Å²) in [7, 11) is 0. The van der Waals surface area contributed by atoms with Crippen molar-refractivity contribution in [1.82, 2.24) is 14.8 Å². The van der Waals surface area contributed by atoms with Gasteiger partial charge in [0.05, 0.1) is 12.5 Å². The van der Waals surface area contributed by atoms with Crippen LogP contribution in [0.4, 0.5) is 8.78 Å². The maximum atomic E-state index is 14.1. The summed E-state index contributed by atoms with van der Waals surface area (Å²) in [5.41, 5.74) is 3.44. The summed E-state index contributed by atoms with van der Waals surface area (Å²) in [4.78, 5) is 3.74. The maximum Gasteiger partial charge on any atom is 0.145 e. The first kappa shape index (κ1) is 15.8. The Bertz CT molecular complexity index is 677. The van der Waals surface area contributed by atoms with Gasteiger partial charge in [-0.05, 0) is 6.07 Å². The van der Waals surface area contributed by atoms with Gasteiger partial charge in [-0.15, -0.1) is 0 Å². The summed E-state index contributed by atoms with van der Waals surface area (Å²) in [6.45, 7) is 1.24. The first-order valence-electron chi connectivity index (χ1n) is 6.36. The molecule has 0 amide bonds. The predicted octanol–water partition coefficient (Wildman–Crippen LogP) is 0.827. The Kier molecular flexibility index (Phi) is 4.36. The van der Waals surface area contributed by atoms with Crippen molar-refractivity contribution in [3.8, 4) is 0 Å². The number of nitrogens with two attached hydrogens (primary N) is 1. The van der Waals surface area contributed by atoms with Crippen molar-refractivity contribution >= 4 is 5.84 Å². The molecule has 0 radical (unpaired) electrons. The second-order valence-electron chi connectivity index (χ2n) is 4.89. The molecule has 0 aliphatic carbocycles. The molecule has 1 aromatic heterocycles. The van der Waals surface area contributed by atoms with Crippen LogP contribution in [0.2, 0.25) is 0 Å². The molecule has 2 unspecified atom stereocenters. The molecule has 1 aromatic carbocycles. The summed E-state index contributed by atoms with van der Waals surface area (Å²) in [5, 5.41) is 26.5. The van der Waals surface area contributed by atoms with E-state index in [4.69, 9.17) is 10.9 Å². The minimum atomic E-state index is -1.91. The fraction of sp³-hybridized carbons (Fsp3) is 0.308. The zero-order valence-corrected chi connectivity index (χ0v) is 11.7. The Morgan fingerprint density at radius 3 is 2.77 bits per heavy atom. The van der Waals surface area contributed by atoms with E-state index in [1.165, 1.54) is 24.3 Å². The number of amidine groups is 1. The fourth-order valence-electron chi connectivity index (χ4n) is 2.19. The third kappa shape index (κ3) is 2.89. The molecule has 0 fully saturated rings. The van der Waals surface area contributed by atoms with Crippen LogP contribution in [0.15, 0.2) is 36.0 Å². The molecule has 4 N–H and O–H groups in total. The van der Waals surface area contributed by atoms with Crippen LogP contribution < -0.4 is 5.73 Å². The van der Waals surface area contributed by atoms with Gasteiger partial charge >= 0.3 is 0 Å². The monoisotopic (exact) mass is 311 g/mol. The number of benzene rings is 1. The van der Waals surface area contributed by atoms with Gasteiger partial charge in [0.1, 0.15) is 35.7 Å². The minimum absolute atomic E-state index is 0.191. The molecule has 1 heterocycles. The predicted molar refractivity (Wildman–Crippen MR) is 72.8 cm³/mol. The van der Waals surface area contributed by atoms with Crippen LogP contribution in [0.5, 0.6) is 0 Å². The topological polar surface area (TPSA) is 110 Å². The van der Waals surface area contributed by atoms with Crippen molar-refractivity contribution < 1.29 is 19.1 Å². The molecule has 2 aromatic rings. The molecule has 0 bridgehead atoms. The highest BCUT2D eigenvalue weighted by atomic mass is 19.1. The summed E-state index contributed by atoms with van der Waals surface area (Å²) < 4.78 is 28.5. The highest BCUT2D eigenvalue weighted by Gasteiger charge is 2.41. The lowest BCUT2D eigenvalue weighted by molar-refractivity contribution is -0.0169. The molecule has 0 saturated heterocycles. The highest BCUT2D eigenvalue weighted by Crippen LogP contribution is 2.33. The molecule has 0 aliphatic heterocycles. The SMILES string of the molecule is CC(/C(N)=N/O)C(O)(Cn1cncn1)c1ccc(F)cc1F. The van der Waals surface area contributed by atoms with Crippen molar-refractivity contribution in [3.63, 3.8) is 0 Å². The van der Waals surface area contributed by atoms with Gasteiger partial charge in [-0.1, -0.05) is 18.1 Å². The average molecular weight is 311 g/mol. The van der Waals surface area contributed by atoms with Crippen LogP contribution in [-0.4, -0.2) is 30.9 Å². The molecule has 9 heteroatoms. The number of rotatable bonds is 5. The Balaban J connectivity index is 2.53. The van der Waals surface area contributed by atoms with E-state index in [2.05, 4.69) is 15.2 Å². The summed E-state index contributed by atoms with van der Waals surface area (Å²) in [6, 6.07) is 2.78. The van der Waals surface area contributed by atoms with Crippen LogP contribution in [0.25, 0.3) is 0 Å². The Labute approximate surface area is 124 Å². The van der Waals surface area contributed by atoms with E-state index in [-0.39, 0.29) is 17.9 Å². The van der Waals surface area contributed by atoms with Crippen molar-refractivity contribution in [2.75, 3.05) is 0 Å². The van der Waals surface area contributed by atoms with Crippen molar-refractivity contribution in [3.05, 3.63) is 48.1 Å². The second-order valence-corrected chi connectivity index (χ2v) is 4.89. The molecule has 2 atom stereocenters. The molecule has 118 valence electrons. The number of hydrogen-bond donors (Lipinski definition) is 3. The van der Waals surface area contributed by atoms with E-state index in [1.54, 1.807) is 0 Å². The Hall–Kier alpha value is -2.55. The van der Waals surface area contributed by atoms with Crippen molar-refractivity contribution in [2.24, 2.45) is 16.8 Å². The molecule has 22 heavy (non-hydrogen) atoms.